The molecule has 1 aliphatic heterocycles. The van der Waals surface area contributed by atoms with Gasteiger partial charge < -0.3 is 19.9 Å². The minimum atomic E-state index is -0.713. The first kappa shape index (κ1) is 18.6. The fourth-order valence-electron chi connectivity index (χ4n) is 3.43. The molecular weight excluding hydrogens is 382 g/mol. The maximum Gasteiger partial charge on any atom is 0.142 e. The number of ether oxygens (including phenoxy) is 2. The Balaban J connectivity index is 1.55. The van der Waals surface area contributed by atoms with E-state index in [4.69, 9.17) is 21.1 Å². The molecule has 0 fully saturated rings. The summed E-state index contributed by atoms with van der Waals surface area (Å²) in [6.45, 7) is 4.93. The minimum absolute atomic E-state index is 0.242. The standard InChI is InChI=1S/C21H22ClNO3S/c1-21(2)20(24)17(23-10-11-25-14-6-4-3-5-7-14)15-9-8-13-12-16(22)27-19(13)18(15)26-21/h3-9,12,17,20,23-24H,10-11H2,1-2H3. The number of fused-ring (bicyclic) bond motifs is 3. The highest BCUT2D eigenvalue weighted by atomic mass is 35.5. The number of rotatable bonds is 5. The Morgan fingerprint density at radius 3 is 2.78 bits per heavy atom. The van der Waals surface area contributed by atoms with Crippen LogP contribution in [0.4, 0.5) is 0 Å². The number of aliphatic hydroxyl groups excluding tert-OH is 1. The fourth-order valence-corrected chi connectivity index (χ4v) is 4.65. The second kappa shape index (κ2) is 7.32. The highest BCUT2D eigenvalue weighted by Crippen LogP contribution is 2.47. The van der Waals surface area contributed by atoms with Crippen LogP contribution in [0.25, 0.3) is 10.1 Å². The molecule has 0 aliphatic carbocycles. The van der Waals surface area contributed by atoms with E-state index in [1.165, 1.54) is 11.3 Å². The van der Waals surface area contributed by atoms with Gasteiger partial charge in [0, 0.05) is 12.1 Å². The highest BCUT2D eigenvalue weighted by molar-refractivity contribution is 7.23. The molecule has 2 atom stereocenters. The van der Waals surface area contributed by atoms with Crippen molar-refractivity contribution in [3.63, 3.8) is 0 Å². The van der Waals surface area contributed by atoms with Gasteiger partial charge in [0.25, 0.3) is 0 Å². The van der Waals surface area contributed by atoms with Crippen LogP contribution >= 0.6 is 22.9 Å². The number of nitrogens with one attached hydrogen (secondary N) is 1. The number of hydrogen-bond acceptors (Lipinski definition) is 5. The van der Waals surface area contributed by atoms with Gasteiger partial charge in [0.15, 0.2) is 0 Å². The lowest BCUT2D eigenvalue weighted by molar-refractivity contribution is -0.0636. The molecule has 2 heterocycles. The zero-order valence-electron chi connectivity index (χ0n) is 15.2. The first-order valence-corrected chi connectivity index (χ1v) is 10.2. The molecule has 0 spiro atoms. The number of aliphatic hydroxyl groups is 1. The van der Waals surface area contributed by atoms with Gasteiger partial charge in [-0.25, -0.2) is 0 Å². The molecule has 142 valence electrons. The lowest BCUT2D eigenvalue weighted by atomic mass is 9.86. The number of benzene rings is 2. The van der Waals surface area contributed by atoms with E-state index in [0.29, 0.717) is 13.2 Å². The fraction of sp³-hybridized carbons (Fsp3) is 0.333. The molecule has 27 heavy (non-hydrogen) atoms. The quantitative estimate of drug-likeness (QED) is 0.601. The third kappa shape index (κ3) is 3.65. The van der Waals surface area contributed by atoms with E-state index in [1.54, 1.807) is 0 Å². The maximum absolute atomic E-state index is 10.9. The second-order valence-electron chi connectivity index (χ2n) is 7.20. The van der Waals surface area contributed by atoms with E-state index in [0.717, 1.165) is 31.5 Å². The van der Waals surface area contributed by atoms with Crippen molar-refractivity contribution in [1.29, 1.82) is 0 Å². The Labute approximate surface area is 167 Å². The summed E-state index contributed by atoms with van der Waals surface area (Å²) >= 11 is 7.71. The summed E-state index contributed by atoms with van der Waals surface area (Å²) in [6, 6.07) is 15.4. The Morgan fingerprint density at radius 1 is 1.22 bits per heavy atom. The van der Waals surface area contributed by atoms with Gasteiger partial charge in [-0.2, -0.15) is 0 Å². The molecule has 2 aromatic carbocycles. The molecule has 4 rings (SSSR count). The molecule has 0 saturated heterocycles. The predicted octanol–water partition coefficient (Wildman–Crippen LogP) is 4.80. The van der Waals surface area contributed by atoms with E-state index < -0.39 is 11.7 Å². The van der Waals surface area contributed by atoms with Crippen molar-refractivity contribution in [2.24, 2.45) is 0 Å². The molecule has 3 aromatic rings. The molecule has 1 aromatic heterocycles. The largest absolute Gasteiger partial charge is 0.492 e. The number of halogens is 1. The first-order chi connectivity index (χ1) is 13.0. The molecule has 4 nitrogen and oxygen atoms in total. The second-order valence-corrected chi connectivity index (χ2v) is 8.88. The van der Waals surface area contributed by atoms with Gasteiger partial charge in [0.2, 0.25) is 0 Å². The van der Waals surface area contributed by atoms with Crippen molar-refractivity contribution in [2.75, 3.05) is 13.2 Å². The monoisotopic (exact) mass is 403 g/mol. The van der Waals surface area contributed by atoms with Crippen molar-refractivity contribution in [3.8, 4) is 11.5 Å². The van der Waals surface area contributed by atoms with Gasteiger partial charge in [0.1, 0.15) is 29.8 Å². The molecule has 0 saturated carbocycles. The summed E-state index contributed by atoms with van der Waals surface area (Å²) in [5.41, 5.74) is 0.239. The molecule has 6 heteroatoms. The van der Waals surface area contributed by atoms with Crippen molar-refractivity contribution in [2.45, 2.75) is 31.6 Å². The SMILES string of the molecule is CC1(C)Oc2c(ccc3cc(Cl)sc23)C(NCCOc2ccccc2)C1O. The van der Waals surface area contributed by atoms with Crippen LogP contribution in [0.1, 0.15) is 25.5 Å². The van der Waals surface area contributed by atoms with Crippen LogP contribution in [0, 0.1) is 0 Å². The van der Waals surface area contributed by atoms with Gasteiger partial charge in [-0.1, -0.05) is 41.9 Å². The summed E-state index contributed by atoms with van der Waals surface area (Å²) < 4.78 is 13.7. The van der Waals surface area contributed by atoms with Gasteiger partial charge >= 0.3 is 0 Å². The van der Waals surface area contributed by atoms with Gasteiger partial charge in [-0.05, 0) is 37.4 Å². The van der Waals surface area contributed by atoms with Crippen molar-refractivity contribution < 1.29 is 14.6 Å². The summed E-state index contributed by atoms with van der Waals surface area (Å²) in [5.74, 6) is 1.64. The van der Waals surface area contributed by atoms with E-state index in [2.05, 4.69) is 5.32 Å². The van der Waals surface area contributed by atoms with Crippen LogP contribution < -0.4 is 14.8 Å². The van der Waals surface area contributed by atoms with Crippen LogP contribution in [-0.4, -0.2) is 30.0 Å². The summed E-state index contributed by atoms with van der Waals surface area (Å²) in [4.78, 5) is 0. The number of para-hydroxylation sites is 1. The Hall–Kier alpha value is -1.79. The van der Waals surface area contributed by atoms with Crippen molar-refractivity contribution in [1.82, 2.24) is 5.32 Å². The Bertz CT molecular complexity index is 941. The number of thiophene rings is 1. The Morgan fingerprint density at radius 2 is 2.00 bits per heavy atom. The lowest BCUT2D eigenvalue weighted by Gasteiger charge is -2.42. The van der Waals surface area contributed by atoms with Gasteiger partial charge in [0.05, 0.1) is 15.1 Å². The summed E-state index contributed by atoms with van der Waals surface area (Å²) in [7, 11) is 0. The van der Waals surface area contributed by atoms with E-state index >= 15 is 0 Å². The minimum Gasteiger partial charge on any atom is -0.492 e. The van der Waals surface area contributed by atoms with E-state index in [1.807, 2.05) is 62.4 Å². The van der Waals surface area contributed by atoms with E-state index in [-0.39, 0.29) is 6.04 Å². The molecule has 2 N–H and O–H groups in total. The van der Waals surface area contributed by atoms with Gasteiger partial charge in [-0.15, -0.1) is 11.3 Å². The zero-order valence-corrected chi connectivity index (χ0v) is 16.8. The van der Waals surface area contributed by atoms with Crippen LogP contribution in [0.5, 0.6) is 11.5 Å². The normalized spacial score (nSPS) is 20.9. The Kier molecular flexibility index (Phi) is 5.03. The van der Waals surface area contributed by atoms with Crippen LogP contribution in [0.2, 0.25) is 4.34 Å². The smallest absolute Gasteiger partial charge is 0.142 e. The molecule has 0 radical (unpaired) electrons. The molecule has 0 bridgehead atoms. The molecule has 1 aliphatic rings. The average molecular weight is 404 g/mol. The maximum atomic E-state index is 10.9. The molecular formula is C21H22ClNO3S. The topological polar surface area (TPSA) is 50.7 Å². The lowest BCUT2D eigenvalue weighted by Crippen LogP contribution is -2.53. The van der Waals surface area contributed by atoms with Crippen LogP contribution in [0.15, 0.2) is 48.5 Å². The van der Waals surface area contributed by atoms with Crippen molar-refractivity contribution >= 4 is 33.0 Å². The third-order valence-electron chi connectivity index (χ3n) is 4.85. The number of hydrogen-bond donors (Lipinski definition) is 2. The highest BCUT2D eigenvalue weighted by Gasteiger charge is 2.43. The van der Waals surface area contributed by atoms with Gasteiger partial charge in [-0.3, -0.25) is 0 Å². The molecule has 2 unspecified atom stereocenters. The average Bonchev–Trinajstić information content (AvgIpc) is 3.03. The van der Waals surface area contributed by atoms with Crippen LogP contribution in [-0.2, 0) is 0 Å². The van der Waals surface area contributed by atoms with Crippen molar-refractivity contribution in [3.05, 3.63) is 58.4 Å². The summed E-state index contributed by atoms with van der Waals surface area (Å²) in [5, 5.41) is 15.4. The first-order valence-electron chi connectivity index (χ1n) is 8.96. The predicted molar refractivity (Wildman–Crippen MR) is 110 cm³/mol. The van der Waals surface area contributed by atoms with Crippen LogP contribution in [0.3, 0.4) is 0 Å². The van der Waals surface area contributed by atoms with E-state index in [9.17, 15) is 5.11 Å². The zero-order chi connectivity index (χ0) is 19.0. The third-order valence-corrected chi connectivity index (χ3v) is 6.13. The summed E-state index contributed by atoms with van der Waals surface area (Å²) in [6.07, 6.45) is -0.686. The molecule has 0 amide bonds.